The summed E-state index contributed by atoms with van der Waals surface area (Å²) in [6.07, 6.45) is 4.22. The molecule has 0 aromatic heterocycles. The van der Waals surface area contributed by atoms with Crippen molar-refractivity contribution in [2.24, 2.45) is 5.92 Å². The Bertz CT molecular complexity index is 1140. The van der Waals surface area contributed by atoms with E-state index in [9.17, 15) is 28.0 Å². The van der Waals surface area contributed by atoms with Crippen molar-refractivity contribution in [3.8, 4) is 5.75 Å². The summed E-state index contributed by atoms with van der Waals surface area (Å²) in [5, 5.41) is 8.28. The van der Waals surface area contributed by atoms with Gasteiger partial charge in [-0.05, 0) is 43.9 Å². The number of ether oxygens (including phenoxy) is 2. The van der Waals surface area contributed by atoms with E-state index in [1.165, 1.54) is 6.92 Å². The topological polar surface area (TPSA) is 129 Å². The molecule has 43 heavy (non-hydrogen) atoms. The molecule has 3 amide bonds. The zero-order chi connectivity index (χ0) is 31.2. The molecule has 3 fully saturated rings. The number of amides is 3. The fourth-order valence-corrected chi connectivity index (χ4v) is 5.80. The van der Waals surface area contributed by atoms with Crippen LogP contribution in [0.1, 0.15) is 64.4 Å². The minimum absolute atomic E-state index is 0.0932. The lowest BCUT2D eigenvalue weighted by molar-refractivity contribution is -0.134. The number of ketones is 1. The normalized spacial score (nSPS) is 23.9. The molecular weight excluding hydrogens is 562 g/mol. The Hall–Kier alpha value is -3.12. The number of carbonyl (C=O) groups is 4. The molecule has 1 aliphatic carbocycles. The Kier molecular flexibility index (Phi) is 10.8. The zero-order valence-electron chi connectivity index (χ0n) is 25.3. The molecule has 0 spiro atoms. The van der Waals surface area contributed by atoms with Crippen LogP contribution in [0.5, 0.6) is 5.75 Å². The fourth-order valence-electron chi connectivity index (χ4n) is 5.80. The van der Waals surface area contributed by atoms with Gasteiger partial charge in [0.2, 0.25) is 17.7 Å². The molecule has 3 N–H and O–H groups in total. The Labute approximate surface area is 251 Å². The smallest absolute Gasteiger partial charge is 0.250 e. The van der Waals surface area contributed by atoms with Crippen molar-refractivity contribution in [1.29, 1.82) is 0 Å². The van der Waals surface area contributed by atoms with Gasteiger partial charge >= 0.3 is 0 Å². The molecule has 3 aliphatic rings. The minimum Gasteiger partial charge on any atom is -0.497 e. The molecule has 1 aromatic carbocycles. The number of hydrogen-bond donors (Lipinski definition) is 3. The molecule has 10 nitrogen and oxygen atoms in total. The number of methoxy groups -OCH3 is 1. The molecule has 2 heterocycles. The number of hydrogen-bond acceptors (Lipinski definition) is 7. The van der Waals surface area contributed by atoms with E-state index in [4.69, 9.17) is 9.47 Å². The van der Waals surface area contributed by atoms with Crippen LogP contribution in [0.3, 0.4) is 0 Å². The highest BCUT2D eigenvalue weighted by molar-refractivity contribution is 5.98. The summed E-state index contributed by atoms with van der Waals surface area (Å²) in [7, 11) is 1.55. The molecule has 238 valence electrons. The van der Waals surface area contributed by atoms with Crippen LogP contribution in [0.25, 0.3) is 0 Å². The van der Waals surface area contributed by atoms with Gasteiger partial charge < -0.3 is 25.4 Å². The molecule has 4 rings (SSSR count). The number of halogens is 2. The first-order valence-corrected chi connectivity index (χ1v) is 15.2. The Morgan fingerprint density at radius 3 is 2.19 bits per heavy atom. The number of nitrogens with one attached hydrogen (secondary N) is 3. The van der Waals surface area contributed by atoms with Crippen LogP contribution in [0.15, 0.2) is 24.3 Å². The summed E-state index contributed by atoms with van der Waals surface area (Å²) in [5.41, 5.74) is -0.148. The molecular formula is C31H44F2N4O6. The van der Waals surface area contributed by atoms with Crippen LogP contribution >= 0.6 is 0 Å². The lowest BCUT2D eigenvalue weighted by atomic mass is 9.90. The molecule has 4 atom stereocenters. The van der Waals surface area contributed by atoms with Crippen LogP contribution < -0.4 is 20.7 Å². The number of epoxide rings is 1. The van der Waals surface area contributed by atoms with E-state index in [1.807, 2.05) is 0 Å². The van der Waals surface area contributed by atoms with Gasteiger partial charge in [0.05, 0.1) is 26.3 Å². The first-order chi connectivity index (χ1) is 20.4. The monoisotopic (exact) mass is 606 g/mol. The highest BCUT2D eigenvalue weighted by atomic mass is 19.3. The first-order valence-electron chi connectivity index (χ1n) is 15.2. The third-order valence-corrected chi connectivity index (χ3v) is 8.73. The standard InChI is InChI=1S/C31H44F2N4O6/c1-20(34-26(38)18-37-14-12-31(32,33)13-15-37)28(40)36-25(17-22-8-10-23(42-3)11-9-22)29(41)35-24(16-21-6-4-5-7-21)27(39)30(2)19-43-30/h8-11,20-21,24-25H,4-7,12-19H2,1-3H3,(H,34,38)(H,35,41)(H,36,40)/t20-,24-,25-,30+/m0/s1. The lowest BCUT2D eigenvalue weighted by Gasteiger charge is -2.31. The van der Waals surface area contributed by atoms with E-state index in [0.717, 1.165) is 31.2 Å². The van der Waals surface area contributed by atoms with Crippen molar-refractivity contribution in [3.05, 3.63) is 29.8 Å². The summed E-state index contributed by atoms with van der Waals surface area (Å²) in [6.45, 7) is 3.62. The third kappa shape index (κ3) is 9.43. The zero-order valence-corrected chi connectivity index (χ0v) is 25.3. The number of piperidine rings is 1. The van der Waals surface area contributed by atoms with Gasteiger partial charge in [-0.2, -0.15) is 0 Å². The summed E-state index contributed by atoms with van der Waals surface area (Å²) in [4.78, 5) is 54.4. The van der Waals surface area contributed by atoms with Gasteiger partial charge in [0.15, 0.2) is 5.78 Å². The summed E-state index contributed by atoms with van der Waals surface area (Å²) >= 11 is 0. The average Bonchev–Trinajstić information content (AvgIpc) is 3.51. The first kappa shape index (κ1) is 32.8. The van der Waals surface area contributed by atoms with Crippen LogP contribution in [0.2, 0.25) is 0 Å². The second-order valence-corrected chi connectivity index (χ2v) is 12.4. The highest BCUT2D eigenvalue weighted by Gasteiger charge is 2.50. The molecule has 1 aromatic rings. The van der Waals surface area contributed by atoms with Crippen LogP contribution in [-0.2, 0) is 30.3 Å². The number of benzene rings is 1. The summed E-state index contributed by atoms with van der Waals surface area (Å²) in [5.74, 6) is -3.47. The predicted octanol–water partition coefficient (Wildman–Crippen LogP) is 2.38. The van der Waals surface area contributed by atoms with Crippen LogP contribution in [0.4, 0.5) is 8.78 Å². The Balaban J connectivity index is 1.41. The van der Waals surface area contributed by atoms with E-state index in [-0.39, 0.29) is 44.7 Å². The second-order valence-electron chi connectivity index (χ2n) is 12.4. The average molecular weight is 607 g/mol. The second kappa shape index (κ2) is 14.1. The lowest BCUT2D eigenvalue weighted by Crippen LogP contribution is -2.57. The summed E-state index contributed by atoms with van der Waals surface area (Å²) in [6, 6.07) is 4.33. The number of alkyl halides is 2. The molecule has 2 aliphatic heterocycles. The third-order valence-electron chi connectivity index (χ3n) is 8.73. The predicted molar refractivity (Wildman–Crippen MR) is 155 cm³/mol. The molecule has 1 saturated carbocycles. The molecule has 12 heteroatoms. The number of likely N-dealkylation sites (tertiary alicyclic amines) is 1. The van der Waals surface area contributed by atoms with Crippen LogP contribution in [-0.4, -0.2) is 91.4 Å². The maximum Gasteiger partial charge on any atom is 0.250 e. The van der Waals surface area contributed by atoms with E-state index < -0.39 is 47.4 Å². The quantitative estimate of drug-likeness (QED) is 0.278. The van der Waals surface area contributed by atoms with E-state index in [2.05, 4.69) is 16.0 Å². The SMILES string of the molecule is COc1ccc(C[C@H](NC(=O)[C@H](C)NC(=O)CN2CCC(F)(F)CC2)C(=O)N[C@@H](CC2CCCC2)C(=O)[C@@]2(C)CO2)cc1. The van der Waals surface area contributed by atoms with Gasteiger partial charge in [0.1, 0.15) is 23.4 Å². The van der Waals surface area contributed by atoms with Crippen molar-refractivity contribution >= 4 is 23.5 Å². The molecule has 0 radical (unpaired) electrons. The molecule has 0 unspecified atom stereocenters. The van der Waals surface area contributed by atoms with Gasteiger partial charge in [-0.3, -0.25) is 24.1 Å². The van der Waals surface area contributed by atoms with E-state index in [1.54, 1.807) is 43.2 Å². The van der Waals surface area contributed by atoms with Gasteiger partial charge in [0, 0.05) is 32.4 Å². The van der Waals surface area contributed by atoms with Gasteiger partial charge in [-0.1, -0.05) is 37.8 Å². The van der Waals surface area contributed by atoms with Crippen molar-refractivity contribution in [2.45, 2.75) is 94.9 Å². The molecule has 2 saturated heterocycles. The maximum atomic E-state index is 13.7. The maximum absolute atomic E-state index is 13.7. The fraction of sp³-hybridized carbons (Fsp3) is 0.677. The number of nitrogens with zero attached hydrogens (tertiary/aromatic N) is 1. The Morgan fingerprint density at radius 2 is 1.60 bits per heavy atom. The van der Waals surface area contributed by atoms with Crippen molar-refractivity contribution in [3.63, 3.8) is 0 Å². The van der Waals surface area contributed by atoms with Gasteiger partial charge in [-0.15, -0.1) is 0 Å². The van der Waals surface area contributed by atoms with Gasteiger partial charge in [0.25, 0.3) is 5.92 Å². The number of carbonyl (C=O) groups excluding carboxylic acids is 4. The Morgan fingerprint density at radius 1 is 1.00 bits per heavy atom. The highest BCUT2D eigenvalue weighted by Crippen LogP contribution is 2.33. The minimum atomic E-state index is -2.72. The largest absolute Gasteiger partial charge is 0.497 e. The van der Waals surface area contributed by atoms with Crippen molar-refractivity contribution in [1.82, 2.24) is 20.9 Å². The van der Waals surface area contributed by atoms with E-state index in [0.29, 0.717) is 24.7 Å². The number of rotatable bonds is 14. The van der Waals surface area contributed by atoms with Gasteiger partial charge in [-0.25, -0.2) is 8.78 Å². The number of Topliss-reactive ketones (excluding diaryl/α,β-unsaturated/α-hetero) is 1. The van der Waals surface area contributed by atoms with Crippen LogP contribution in [0, 0.1) is 5.92 Å². The van der Waals surface area contributed by atoms with Crippen molar-refractivity contribution < 1.29 is 37.4 Å². The summed E-state index contributed by atoms with van der Waals surface area (Å²) < 4.78 is 37.5. The molecule has 0 bridgehead atoms. The van der Waals surface area contributed by atoms with Crippen molar-refractivity contribution in [2.75, 3.05) is 33.4 Å². The van der Waals surface area contributed by atoms with E-state index >= 15 is 0 Å².